The first-order chi connectivity index (χ1) is 12.8. The molecule has 2 rings (SSSR count). The molecule has 0 aliphatic carbocycles. The number of sulfone groups is 1. The molecule has 27 heavy (non-hydrogen) atoms. The number of rotatable bonds is 7. The minimum atomic E-state index is -3.58. The Hall–Kier alpha value is -2.51. The Morgan fingerprint density at radius 3 is 2.30 bits per heavy atom. The Balaban J connectivity index is 2.17. The van der Waals surface area contributed by atoms with Gasteiger partial charge in [0.15, 0.2) is 21.3 Å². The second-order valence-corrected chi connectivity index (χ2v) is 7.81. The van der Waals surface area contributed by atoms with Gasteiger partial charge < -0.3 is 14.2 Å². The van der Waals surface area contributed by atoms with E-state index in [0.29, 0.717) is 22.6 Å². The van der Waals surface area contributed by atoms with Crippen LogP contribution in [0.3, 0.4) is 0 Å². The van der Waals surface area contributed by atoms with Gasteiger partial charge >= 0.3 is 5.97 Å². The van der Waals surface area contributed by atoms with Crippen LogP contribution in [0, 0.1) is 0 Å². The van der Waals surface area contributed by atoms with Crippen LogP contribution in [0.2, 0.25) is 5.02 Å². The van der Waals surface area contributed by atoms with Crippen LogP contribution >= 0.6 is 11.6 Å². The Kier molecular flexibility index (Phi) is 6.87. The largest absolute Gasteiger partial charge is 0.493 e. The molecule has 8 heteroatoms. The quantitative estimate of drug-likeness (QED) is 0.509. The molecule has 0 spiro atoms. The third-order valence-corrected chi connectivity index (χ3v) is 5.21. The Bertz CT molecular complexity index is 949. The molecule has 0 amide bonds. The lowest BCUT2D eigenvalue weighted by molar-refractivity contribution is -0.131. The molecule has 0 bridgehead atoms. The maximum atomic E-state index is 12.4. The second kappa shape index (κ2) is 8.92. The van der Waals surface area contributed by atoms with Crippen molar-refractivity contribution < 1.29 is 27.4 Å². The van der Waals surface area contributed by atoms with Crippen molar-refractivity contribution in [3.05, 3.63) is 58.0 Å². The zero-order valence-electron chi connectivity index (χ0n) is 15.1. The third kappa shape index (κ3) is 5.74. The first-order valence-corrected chi connectivity index (χ1v) is 9.93. The number of benzene rings is 2. The summed E-state index contributed by atoms with van der Waals surface area (Å²) in [6.45, 7) is 1.31. The number of hydrogen-bond acceptors (Lipinski definition) is 6. The van der Waals surface area contributed by atoms with E-state index in [9.17, 15) is 13.2 Å². The summed E-state index contributed by atoms with van der Waals surface area (Å²) in [5.74, 6) is 0.394. The van der Waals surface area contributed by atoms with E-state index in [2.05, 4.69) is 0 Å². The van der Waals surface area contributed by atoms with E-state index in [4.69, 9.17) is 25.8 Å². The summed E-state index contributed by atoms with van der Waals surface area (Å²) in [5.41, 5.74) is 1.05. The van der Waals surface area contributed by atoms with E-state index < -0.39 is 15.8 Å². The smallest absolute Gasteiger partial charge is 0.308 e. The number of esters is 1. The van der Waals surface area contributed by atoms with Crippen molar-refractivity contribution in [3.8, 4) is 17.2 Å². The van der Waals surface area contributed by atoms with Gasteiger partial charge in [-0.25, -0.2) is 8.42 Å². The molecule has 2 aromatic rings. The fourth-order valence-electron chi connectivity index (χ4n) is 2.30. The molecule has 0 atom stereocenters. The number of methoxy groups -OCH3 is 2. The van der Waals surface area contributed by atoms with Crippen molar-refractivity contribution in [2.75, 3.05) is 14.2 Å². The Morgan fingerprint density at radius 2 is 1.74 bits per heavy atom. The minimum absolute atomic E-state index is 0.194. The monoisotopic (exact) mass is 410 g/mol. The van der Waals surface area contributed by atoms with Crippen LogP contribution < -0.4 is 14.2 Å². The number of ether oxygens (including phenoxy) is 3. The number of hydrogen-bond donors (Lipinski definition) is 0. The minimum Gasteiger partial charge on any atom is -0.493 e. The van der Waals surface area contributed by atoms with Crippen molar-refractivity contribution in [1.82, 2.24) is 0 Å². The third-order valence-electron chi connectivity index (χ3n) is 3.53. The molecule has 0 aliphatic rings. The Morgan fingerprint density at radius 1 is 1.07 bits per heavy atom. The molecule has 2 aromatic carbocycles. The summed E-state index contributed by atoms with van der Waals surface area (Å²) in [6, 6.07) is 9.65. The van der Waals surface area contributed by atoms with Gasteiger partial charge in [0.2, 0.25) is 0 Å². The summed E-state index contributed by atoms with van der Waals surface area (Å²) in [4.78, 5) is 10.9. The van der Waals surface area contributed by atoms with Gasteiger partial charge in [0.1, 0.15) is 5.75 Å². The van der Waals surface area contributed by atoms with Crippen molar-refractivity contribution in [2.24, 2.45) is 0 Å². The van der Waals surface area contributed by atoms with Crippen LogP contribution in [0.25, 0.3) is 6.08 Å². The van der Waals surface area contributed by atoms with Gasteiger partial charge in [-0.2, -0.15) is 0 Å². The zero-order chi connectivity index (χ0) is 20.0. The van der Waals surface area contributed by atoms with Crippen molar-refractivity contribution in [3.63, 3.8) is 0 Å². The van der Waals surface area contributed by atoms with E-state index in [1.165, 1.54) is 27.2 Å². The summed E-state index contributed by atoms with van der Waals surface area (Å²) in [5, 5.41) is 1.31. The van der Waals surface area contributed by atoms with Gasteiger partial charge in [0.05, 0.1) is 25.0 Å². The molecule has 0 N–H and O–H groups in total. The van der Waals surface area contributed by atoms with Gasteiger partial charge in [-0.3, -0.25) is 4.79 Å². The summed E-state index contributed by atoms with van der Waals surface area (Å²) >= 11 is 6.24. The molecule has 0 aromatic heterocycles. The van der Waals surface area contributed by atoms with E-state index in [1.807, 2.05) is 0 Å². The molecular weight excluding hydrogens is 392 g/mol. The second-order valence-electron chi connectivity index (χ2n) is 5.55. The van der Waals surface area contributed by atoms with Crippen molar-refractivity contribution in [2.45, 2.75) is 12.7 Å². The van der Waals surface area contributed by atoms with Crippen molar-refractivity contribution >= 4 is 33.5 Å². The highest BCUT2D eigenvalue weighted by Crippen LogP contribution is 2.38. The molecular formula is C19H19ClO6S. The number of carbonyl (C=O) groups is 1. The fraction of sp³-hybridized carbons (Fsp3) is 0.211. The van der Waals surface area contributed by atoms with Gasteiger partial charge in [0.25, 0.3) is 0 Å². The molecule has 0 unspecified atom stereocenters. The molecule has 0 radical (unpaired) electrons. The molecule has 144 valence electrons. The predicted molar refractivity (Wildman–Crippen MR) is 104 cm³/mol. The molecule has 0 saturated carbocycles. The molecule has 0 saturated heterocycles. The van der Waals surface area contributed by atoms with Crippen LogP contribution in [-0.4, -0.2) is 28.6 Å². The van der Waals surface area contributed by atoms with E-state index >= 15 is 0 Å². The molecule has 0 aliphatic heterocycles. The highest BCUT2D eigenvalue weighted by Gasteiger charge is 2.17. The van der Waals surface area contributed by atoms with Gasteiger partial charge in [0, 0.05) is 12.3 Å². The highest BCUT2D eigenvalue weighted by atomic mass is 35.5. The molecule has 6 nitrogen and oxygen atoms in total. The SMILES string of the molecule is COc1ccc(CS(=O)(=O)C=Cc2ccc(OC(C)=O)cc2)c(Cl)c1OC. The zero-order valence-corrected chi connectivity index (χ0v) is 16.6. The van der Waals surface area contributed by atoms with E-state index in [1.54, 1.807) is 36.4 Å². The average Bonchev–Trinajstić information content (AvgIpc) is 2.62. The highest BCUT2D eigenvalue weighted by molar-refractivity contribution is 7.93. The maximum Gasteiger partial charge on any atom is 0.308 e. The average molecular weight is 411 g/mol. The van der Waals surface area contributed by atoms with Crippen LogP contribution in [0.15, 0.2) is 41.8 Å². The summed E-state index contributed by atoms with van der Waals surface area (Å²) in [7, 11) is -0.672. The van der Waals surface area contributed by atoms with Gasteiger partial charge in [-0.05, 0) is 35.4 Å². The Labute approximate surface area is 163 Å². The van der Waals surface area contributed by atoms with Crippen LogP contribution in [-0.2, 0) is 20.4 Å². The fourth-order valence-corrected chi connectivity index (χ4v) is 3.82. The normalized spacial score (nSPS) is 11.4. The van der Waals surface area contributed by atoms with Crippen LogP contribution in [0.5, 0.6) is 17.2 Å². The molecule has 0 heterocycles. The maximum absolute atomic E-state index is 12.4. The number of carbonyl (C=O) groups excluding carboxylic acids is 1. The standard InChI is InChI=1S/C19H19ClO6S/c1-13(21)26-16-7-4-14(5-8-16)10-11-27(22,23)12-15-6-9-17(24-2)19(25-3)18(15)20/h4-11H,12H2,1-3H3. The van der Waals surface area contributed by atoms with E-state index in [-0.39, 0.29) is 16.5 Å². The summed E-state index contributed by atoms with van der Waals surface area (Å²) < 4.78 is 40.1. The lowest BCUT2D eigenvalue weighted by Gasteiger charge is -2.12. The van der Waals surface area contributed by atoms with Gasteiger partial charge in [-0.1, -0.05) is 29.8 Å². The van der Waals surface area contributed by atoms with Crippen molar-refractivity contribution in [1.29, 1.82) is 0 Å². The van der Waals surface area contributed by atoms with Gasteiger partial charge in [-0.15, -0.1) is 0 Å². The first-order valence-electron chi connectivity index (χ1n) is 7.84. The number of halogens is 1. The molecule has 0 fully saturated rings. The lowest BCUT2D eigenvalue weighted by Crippen LogP contribution is -2.02. The van der Waals surface area contributed by atoms with E-state index in [0.717, 1.165) is 5.41 Å². The first kappa shape index (κ1) is 20.8. The summed E-state index contributed by atoms with van der Waals surface area (Å²) in [6.07, 6.45) is 1.46. The van der Waals surface area contributed by atoms with Crippen LogP contribution in [0.4, 0.5) is 0 Å². The predicted octanol–water partition coefficient (Wildman–Crippen LogP) is 3.87. The van der Waals surface area contributed by atoms with Crippen LogP contribution in [0.1, 0.15) is 18.1 Å². The lowest BCUT2D eigenvalue weighted by atomic mass is 10.2. The topological polar surface area (TPSA) is 78.9 Å².